The number of aliphatic hydroxyl groups is 8. The van der Waals surface area contributed by atoms with E-state index in [0.29, 0.717) is 25.9 Å². The molecule has 9 aliphatic rings. The Labute approximate surface area is 432 Å². The first-order valence-electron chi connectivity index (χ1n) is 26.6. The molecule has 5 saturated heterocycles. The number of hydrogen-bond acceptors (Lipinski definition) is 21. The summed E-state index contributed by atoms with van der Waals surface area (Å²) in [5.41, 5.74) is 1.12. The Kier molecular flexibility index (Phi) is 16.4. The van der Waals surface area contributed by atoms with E-state index in [-0.39, 0.29) is 47.5 Å². The van der Waals surface area contributed by atoms with Gasteiger partial charge in [-0.3, -0.25) is 4.55 Å². The van der Waals surface area contributed by atoms with Crippen molar-refractivity contribution in [3.05, 3.63) is 23.8 Å². The minimum absolute atomic E-state index is 0.0101. The first kappa shape index (κ1) is 56.9. The summed E-state index contributed by atoms with van der Waals surface area (Å²) >= 11 is 0. The van der Waals surface area contributed by atoms with E-state index in [1.165, 1.54) is 13.8 Å². The van der Waals surface area contributed by atoms with Gasteiger partial charge in [-0.2, -0.15) is 8.42 Å². The highest BCUT2D eigenvalue weighted by Gasteiger charge is 2.70. The van der Waals surface area contributed by atoms with Crippen LogP contribution in [0.2, 0.25) is 0 Å². The number of carbonyl (C=O) groups is 1. The van der Waals surface area contributed by atoms with Crippen LogP contribution in [-0.4, -0.2) is 195 Å². The molecule has 3 saturated carbocycles. The molecule has 22 nitrogen and oxygen atoms in total. The molecule has 0 aromatic heterocycles. The third kappa shape index (κ3) is 10.1. The van der Waals surface area contributed by atoms with Gasteiger partial charge in [-0.15, -0.1) is 0 Å². The molecule has 9 rings (SSSR count). The minimum atomic E-state index is -5.19. The predicted octanol–water partition coefficient (Wildman–Crippen LogP) is 0.918. The van der Waals surface area contributed by atoms with Crippen molar-refractivity contribution in [1.82, 2.24) is 0 Å². The molecule has 23 heteroatoms. The van der Waals surface area contributed by atoms with Gasteiger partial charge < -0.3 is 83.5 Å². The largest absolute Gasteiger partial charge is 0.461 e. The maximum atomic E-state index is 12.7. The van der Waals surface area contributed by atoms with Crippen LogP contribution in [0.15, 0.2) is 23.8 Å². The molecule has 1 spiro atoms. The van der Waals surface area contributed by atoms with Crippen molar-refractivity contribution in [3.8, 4) is 0 Å². The fraction of sp³-hybridized carbons (Fsp3) is 0.902. The molecule has 5 aliphatic heterocycles. The quantitative estimate of drug-likeness (QED) is 0.0703. The molecule has 0 aromatic rings. The van der Waals surface area contributed by atoms with Gasteiger partial charge in [-0.05, 0) is 87.4 Å². The SMILES string of the molecule is C=C1CC[C@@]2(OC1)O[C@H]1C[C@H]3[C@@H]4CC=C5C[C@@H](O[C@@H]6O[C@@H](COC(=O)C(O)C(C)CC)[C@@H](O)[C@H](O)C6O)C[C@H](O[C@@H]6OC(C)[C@H](OS(=O)(=O)O)[C@H](O)C6O[C@@H]6O[C@H](C)[C@H](O)[C@@H](O)C6O)[C@]5(C)[C@H]4CC[C@]3(C)[C@H]1C2C. The van der Waals surface area contributed by atoms with Gasteiger partial charge in [0.15, 0.2) is 30.8 Å². The summed E-state index contributed by atoms with van der Waals surface area (Å²) in [6, 6.07) is 0. The van der Waals surface area contributed by atoms with Gasteiger partial charge in [-0.25, -0.2) is 8.98 Å². The Hall–Kier alpha value is -1.82. The van der Waals surface area contributed by atoms with E-state index in [1.54, 1.807) is 13.8 Å². The highest BCUT2D eigenvalue weighted by molar-refractivity contribution is 7.80. The Bertz CT molecular complexity index is 2170. The number of ether oxygens (including phenoxy) is 9. The van der Waals surface area contributed by atoms with Crippen LogP contribution in [0.3, 0.4) is 0 Å². The third-order valence-electron chi connectivity index (χ3n) is 19.3. The summed E-state index contributed by atoms with van der Waals surface area (Å²) in [5, 5.41) is 88.1. The summed E-state index contributed by atoms with van der Waals surface area (Å²) in [6.07, 6.45) is -19.8. The van der Waals surface area contributed by atoms with Crippen molar-refractivity contribution in [2.24, 2.45) is 46.3 Å². The van der Waals surface area contributed by atoms with Gasteiger partial charge in [0.05, 0.1) is 37.1 Å². The number of fused-ring (bicyclic) bond motifs is 7. The molecule has 4 aliphatic carbocycles. The van der Waals surface area contributed by atoms with Gasteiger partial charge in [0, 0.05) is 24.2 Å². The smallest absolute Gasteiger partial charge is 0.397 e. The summed E-state index contributed by atoms with van der Waals surface area (Å²) in [5.74, 6) is -1.26. The molecular formula is C51H80O22S. The number of allylic oxidation sites excluding steroid dienone is 1. The second kappa shape index (κ2) is 21.3. The molecule has 0 amide bonds. The van der Waals surface area contributed by atoms with Crippen molar-refractivity contribution >= 4 is 16.4 Å². The van der Waals surface area contributed by atoms with E-state index in [0.717, 1.165) is 43.3 Å². The fourth-order valence-electron chi connectivity index (χ4n) is 14.8. The zero-order valence-electron chi connectivity index (χ0n) is 43.2. The molecule has 28 atom stereocenters. The molecule has 0 radical (unpaired) electrons. The molecule has 8 fully saturated rings. The summed E-state index contributed by atoms with van der Waals surface area (Å²) < 4.78 is 95.7. The van der Waals surface area contributed by atoms with Gasteiger partial charge in [-0.1, -0.05) is 64.8 Å². The van der Waals surface area contributed by atoms with E-state index in [1.807, 2.05) is 0 Å². The lowest BCUT2D eigenvalue weighted by Crippen LogP contribution is -2.65. The standard InChI is InChI=1S/C51H80O22S/c1-9-22(3)35(52)45(60)64-20-32-37(54)39(56)41(58)47(69-32)68-27-16-26-10-11-28-29(13-14-49(7)30(28)18-31-34(49)23(4)51(72-31)15-12-21(2)19-65-51)50(26,8)33(17-27)70-48-44(42(59)43(25(6)67-48)73-74(61,62)63)71-46-40(57)38(55)36(53)24(5)66-46/h10,22-25,27-44,46-48,52-59H,2,9,11-20H2,1,3-8H3,(H,61,62,63)/t22?,23?,24-,25?,27-,28-,29+,30+,31+,32+,33+,34+,35?,36+,37-,38-,39+,40?,41?,42+,43+,44?,46+,47-,48+,49+,50+,51-/m1/s1. The number of carbonyl (C=O) groups excluding carboxylic acids is 1. The lowest BCUT2D eigenvalue weighted by atomic mass is 9.46. The second-order valence-electron chi connectivity index (χ2n) is 23.5. The topological polar surface area (TPSA) is 326 Å². The van der Waals surface area contributed by atoms with Crippen LogP contribution in [0.1, 0.15) is 106 Å². The average molecular weight is 1080 g/mol. The highest BCUT2D eigenvalue weighted by Crippen LogP contribution is 2.71. The maximum absolute atomic E-state index is 12.7. The van der Waals surface area contributed by atoms with Crippen molar-refractivity contribution in [2.75, 3.05) is 13.2 Å². The van der Waals surface area contributed by atoms with E-state index >= 15 is 0 Å². The molecule has 5 heterocycles. The van der Waals surface area contributed by atoms with Crippen LogP contribution in [0.4, 0.5) is 0 Å². The van der Waals surface area contributed by atoms with Gasteiger partial charge >= 0.3 is 16.4 Å². The molecule has 0 aromatic carbocycles. The molecule has 74 heavy (non-hydrogen) atoms. The summed E-state index contributed by atoms with van der Waals surface area (Å²) in [4.78, 5) is 12.7. The van der Waals surface area contributed by atoms with Crippen LogP contribution >= 0.6 is 0 Å². The van der Waals surface area contributed by atoms with E-state index in [2.05, 4.69) is 33.4 Å². The fourth-order valence-corrected chi connectivity index (χ4v) is 15.4. The average Bonchev–Trinajstić information content (AvgIpc) is 3.80. The molecule has 422 valence electrons. The number of hydrogen-bond donors (Lipinski definition) is 9. The monoisotopic (exact) mass is 1080 g/mol. The number of rotatable bonds is 13. The summed E-state index contributed by atoms with van der Waals surface area (Å²) in [7, 11) is -5.19. The van der Waals surface area contributed by atoms with Crippen LogP contribution < -0.4 is 0 Å². The maximum Gasteiger partial charge on any atom is 0.397 e. The van der Waals surface area contributed by atoms with Crippen molar-refractivity contribution in [1.29, 1.82) is 0 Å². The predicted molar refractivity (Wildman–Crippen MR) is 254 cm³/mol. The molecular weight excluding hydrogens is 997 g/mol. The second-order valence-corrected chi connectivity index (χ2v) is 24.5. The zero-order valence-corrected chi connectivity index (χ0v) is 44.1. The van der Waals surface area contributed by atoms with E-state index in [9.17, 15) is 58.6 Å². The van der Waals surface area contributed by atoms with Crippen LogP contribution in [0.25, 0.3) is 0 Å². The van der Waals surface area contributed by atoms with Crippen molar-refractivity contribution in [2.45, 2.75) is 229 Å². The molecule has 7 unspecified atom stereocenters. The van der Waals surface area contributed by atoms with E-state index < -0.39 is 151 Å². The van der Waals surface area contributed by atoms with Crippen LogP contribution in [0, 0.1) is 46.3 Å². The van der Waals surface area contributed by atoms with Gasteiger partial charge in [0.2, 0.25) is 0 Å². The minimum Gasteiger partial charge on any atom is -0.461 e. The van der Waals surface area contributed by atoms with E-state index in [4.69, 9.17) is 46.8 Å². The molecule has 9 N–H and O–H groups in total. The van der Waals surface area contributed by atoms with Gasteiger partial charge in [0.25, 0.3) is 0 Å². The normalized spacial score (nSPS) is 51.3. The Morgan fingerprint density at radius 3 is 2.18 bits per heavy atom. The Morgan fingerprint density at radius 1 is 0.838 bits per heavy atom. The first-order valence-corrected chi connectivity index (χ1v) is 28.0. The zero-order chi connectivity index (χ0) is 53.7. The lowest BCUT2D eigenvalue weighted by Gasteiger charge is -2.61. The molecule has 0 bridgehead atoms. The van der Waals surface area contributed by atoms with Crippen LogP contribution in [0.5, 0.6) is 0 Å². The number of aliphatic hydroxyl groups excluding tert-OH is 8. The lowest BCUT2D eigenvalue weighted by molar-refractivity contribution is -0.371. The highest BCUT2D eigenvalue weighted by atomic mass is 32.3. The van der Waals surface area contributed by atoms with Crippen molar-refractivity contribution in [3.63, 3.8) is 0 Å². The van der Waals surface area contributed by atoms with Gasteiger partial charge in [0.1, 0.15) is 67.6 Å². The van der Waals surface area contributed by atoms with Crippen molar-refractivity contribution < 1.29 is 105 Å². The third-order valence-corrected chi connectivity index (χ3v) is 19.8. The Balaban J connectivity index is 1.03. The Morgan fingerprint density at radius 2 is 1.51 bits per heavy atom. The first-order chi connectivity index (χ1) is 34.7. The summed E-state index contributed by atoms with van der Waals surface area (Å²) in [6.45, 7) is 17.1. The van der Waals surface area contributed by atoms with Crippen LogP contribution in [-0.2, 0) is 62.0 Å². The number of esters is 1.